The number of nitrogens with one attached hydrogen (secondary N) is 1. The molecule has 1 aromatic carbocycles. The van der Waals surface area contributed by atoms with Gasteiger partial charge in [-0.05, 0) is 37.7 Å². The fourth-order valence-electron chi connectivity index (χ4n) is 2.61. The second-order valence-corrected chi connectivity index (χ2v) is 5.10. The van der Waals surface area contributed by atoms with E-state index in [-0.39, 0.29) is 5.82 Å². The first-order chi connectivity index (χ1) is 9.24. The Morgan fingerprint density at radius 3 is 3.11 bits per heavy atom. The third-order valence-electron chi connectivity index (χ3n) is 3.73. The van der Waals surface area contributed by atoms with Crippen LogP contribution in [0, 0.1) is 5.82 Å². The van der Waals surface area contributed by atoms with Crippen LogP contribution >= 0.6 is 0 Å². The van der Waals surface area contributed by atoms with Crippen LogP contribution < -0.4 is 5.32 Å². The van der Waals surface area contributed by atoms with Gasteiger partial charge in [-0.25, -0.2) is 9.37 Å². The number of hydrogen-bond donors (Lipinski definition) is 1. The molecule has 1 aliphatic heterocycles. The van der Waals surface area contributed by atoms with Gasteiger partial charge in [-0.15, -0.1) is 0 Å². The SMILES string of the molecule is Cn1c(CN2CCCNCC2)nc2ccc(F)cc21. The number of benzene rings is 1. The van der Waals surface area contributed by atoms with Crippen molar-refractivity contribution < 1.29 is 4.39 Å². The van der Waals surface area contributed by atoms with E-state index in [1.54, 1.807) is 12.1 Å². The van der Waals surface area contributed by atoms with Crippen molar-refractivity contribution in [1.82, 2.24) is 19.8 Å². The largest absolute Gasteiger partial charge is 0.330 e. The van der Waals surface area contributed by atoms with Crippen LogP contribution in [0.4, 0.5) is 4.39 Å². The molecule has 3 rings (SSSR count). The number of aromatic nitrogens is 2. The van der Waals surface area contributed by atoms with Gasteiger partial charge in [-0.3, -0.25) is 4.90 Å². The second kappa shape index (κ2) is 5.27. The lowest BCUT2D eigenvalue weighted by Crippen LogP contribution is -2.28. The zero-order valence-corrected chi connectivity index (χ0v) is 11.2. The Morgan fingerprint density at radius 2 is 2.21 bits per heavy atom. The third-order valence-corrected chi connectivity index (χ3v) is 3.73. The Labute approximate surface area is 112 Å². The van der Waals surface area contributed by atoms with Crippen LogP contribution in [-0.2, 0) is 13.6 Å². The van der Waals surface area contributed by atoms with Gasteiger partial charge in [0.25, 0.3) is 0 Å². The van der Waals surface area contributed by atoms with E-state index in [1.807, 2.05) is 11.6 Å². The maximum atomic E-state index is 13.3. The van der Waals surface area contributed by atoms with E-state index in [0.29, 0.717) is 0 Å². The van der Waals surface area contributed by atoms with Crippen molar-refractivity contribution in [3.05, 3.63) is 29.8 Å². The summed E-state index contributed by atoms with van der Waals surface area (Å²) in [4.78, 5) is 7.01. The summed E-state index contributed by atoms with van der Waals surface area (Å²) in [7, 11) is 1.96. The van der Waals surface area contributed by atoms with Crippen LogP contribution in [0.1, 0.15) is 12.2 Å². The number of nitrogens with zero attached hydrogens (tertiary/aromatic N) is 3. The average Bonchev–Trinajstić information content (AvgIpc) is 2.59. The van der Waals surface area contributed by atoms with Crippen molar-refractivity contribution in [2.75, 3.05) is 26.2 Å². The number of fused-ring (bicyclic) bond motifs is 1. The van der Waals surface area contributed by atoms with Crippen molar-refractivity contribution in [1.29, 1.82) is 0 Å². The highest BCUT2D eigenvalue weighted by Crippen LogP contribution is 2.17. The maximum Gasteiger partial charge on any atom is 0.125 e. The van der Waals surface area contributed by atoms with Gasteiger partial charge in [0.2, 0.25) is 0 Å². The van der Waals surface area contributed by atoms with Crippen molar-refractivity contribution in [2.45, 2.75) is 13.0 Å². The van der Waals surface area contributed by atoms with Gasteiger partial charge < -0.3 is 9.88 Å². The molecule has 0 atom stereocenters. The third kappa shape index (κ3) is 2.62. The molecule has 0 spiro atoms. The van der Waals surface area contributed by atoms with E-state index in [9.17, 15) is 4.39 Å². The molecule has 2 aromatic rings. The zero-order chi connectivity index (χ0) is 13.2. The fraction of sp³-hybridized carbons (Fsp3) is 0.500. The summed E-state index contributed by atoms with van der Waals surface area (Å²) < 4.78 is 15.3. The van der Waals surface area contributed by atoms with E-state index in [0.717, 1.165) is 49.6 Å². The number of imidazole rings is 1. The number of halogens is 1. The molecule has 0 bridgehead atoms. The van der Waals surface area contributed by atoms with Crippen molar-refractivity contribution in [3.8, 4) is 0 Å². The summed E-state index contributed by atoms with van der Waals surface area (Å²) in [5.74, 6) is 0.795. The minimum atomic E-state index is -0.207. The Kier molecular flexibility index (Phi) is 3.48. The lowest BCUT2D eigenvalue weighted by Gasteiger charge is -2.18. The summed E-state index contributed by atoms with van der Waals surface area (Å²) >= 11 is 0. The van der Waals surface area contributed by atoms with Crippen LogP contribution in [0.3, 0.4) is 0 Å². The Hall–Kier alpha value is -1.46. The molecule has 19 heavy (non-hydrogen) atoms. The van der Waals surface area contributed by atoms with Crippen LogP contribution in [-0.4, -0.2) is 40.6 Å². The monoisotopic (exact) mass is 262 g/mol. The molecule has 102 valence electrons. The normalized spacial score (nSPS) is 17.8. The summed E-state index contributed by atoms with van der Waals surface area (Å²) in [5.41, 5.74) is 1.73. The van der Waals surface area contributed by atoms with E-state index >= 15 is 0 Å². The first-order valence-corrected chi connectivity index (χ1v) is 6.78. The fourth-order valence-corrected chi connectivity index (χ4v) is 2.61. The molecular formula is C14H19FN4. The first-order valence-electron chi connectivity index (χ1n) is 6.78. The first kappa shape index (κ1) is 12.6. The van der Waals surface area contributed by atoms with Crippen molar-refractivity contribution in [2.24, 2.45) is 7.05 Å². The van der Waals surface area contributed by atoms with E-state index in [2.05, 4.69) is 15.2 Å². The molecule has 0 aliphatic carbocycles. The highest BCUT2D eigenvalue weighted by Gasteiger charge is 2.14. The number of aryl methyl sites for hydroxylation is 1. The summed E-state index contributed by atoms with van der Waals surface area (Å²) in [5, 5.41) is 3.39. The lowest BCUT2D eigenvalue weighted by molar-refractivity contribution is 0.275. The van der Waals surface area contributed by atoms with Crippen LogP contribution in [0.15, 0.2) is 18.2 Å². The van der Waals surface area contributed by atoms with Crippen LogP contribution in [0.25, 0.3) is 11.0 Å². The molecule has 0 radical (unpaired) electrons. The van der Waals surface area contributed by atoms with Crippen LogP contribution in [0.2, 0.25) is 0 Å². The molecule has 1 aliphatic rings. The lowest BCUT2D eigenvalue weighted by atomic mass is 10.3. The highest BCUT2D eigenvalue weighted by atomic mass is 19.1. The van der Waals surface area contributed by atoms with E-state index < -0.39 is 0 Å². The van der Waals surface area contributed by atoms with Gasteiger partial charge in [-0.2, -0.15) is 0 Å². The van der Waals surface area contributed by atoms with Gasteiger partial charge in [0.15, 0.2) is 0 Å². The minimum absolute atomic E-state index is 0.207. The van der Waals surface area contributed by atoms with E-state index in [1.165, 1.54) is 12.5 Å². The van der Waals surface area contributed by atoms with Gasteiger partial charge in [0.1, 0.15) is 11.6 Å². The summed E-state index contributed by atoms with van der Waals surface area (Å²) in [6.07, 6.45) is 1.17. The highest BCUT2D eigenvalue weighted by molar-refractivity contribution is 5.75. The van der Waals surface area contributed by atoms with Gasteiger partial charge in [0, 0.05) is 20.1 Å². The Morgan fingerprint density at radius 1 is 1.32 bits per heavy atom. The van der Waals surface area contributed by atoms with Gasteiger partial charge in [0.05, 0.1) is 17.6 Å². The Bertz CT molecular complexity index is 570. The molecule has 1 fully saturated rings. The molecule has 4 nitrogen and oxygen atoms in total. The topological polar surface area (TPSA) is 33.1 Å². The predicted molar refractivity (Wildman–Crippen MR) is 73.4 cm³/mol. The van der Waals surface area contributed by atoms with Crippen molar-refractivity contribution >= 4 is 11.0 Å². The van der Waals surface area contributed by atoms with Gasteiger partial charge >= 0.3 is 0 Å². The van der Waals surface area contributed by atoms with Crippen molar-refractivity contribution in [3.63, 3.8) is 0 Å². The molecule has 2 heterocycles. The van der Waals surface area contributed by atoms with Gasteiger partial charge in [-0.1, -0.05) is 0 Å². The molecule has 0 saturated carbocycles. The molecule has 0 amide bonds. The smallest absolute Gasteiger partial charge is 0.125 e. The minimum Gasteiger partial charge on any atom is -0.330 e. The summed E-state index contributed by atoms with van der Waals surface area (Å²) in [6.45, 7) is 5.07. The molecule has 1 saturated heterocycles. The zero-order valence-electron chi connectivity index (χ0n) is 11.2. The quantitative estimate of drug-likeness (QED) is 0.890. The predicted octanol–water partition coefficient (Wildman–Crippen LogP) is 1.51. The second-order valence-electron chi connectivity index (χ2n) is 5.10. The molecule has 1 N–H and O–H groups in total. The average molecular weight is 262 g/mol. The van der Waals surface area contributed by atoms with E-state index in [4.69, 9.17) is 0 Å². The van der Waals surface area contributed by atoms with Crippen LogP contribution in [0.5, 0.6) is 0 Å². The number of rotatable bonds is 2. The molecule has 1 aromatic heterocycles. The molecular weight excluding hydrogens is 243 g/mol. The number of hydrogen-bond acceptors (Lipinski definition) is 3. The standard InChI is InChI=1S/C14H19FN4/c1-18-13-9-11(15)3-4-12(13)17-14(18)10-19-7-2-5-16-6-8-19/h3-4,9,16H,2,5-8,10H2,1H3. The Balaban J connectivity index is 1.86. The molecule has 5 heteroatoms. The molecule has 0 unspecified atom stereocenters. The summed E-state index contributed by atoms with van der Waals surface area (Å²) in [6, 6.07) is 4.77. The maximum absolute atomic E-state index is 13.3.